The van der Waals surface area contributed by atoms with Gasteiger partial charge >= 0.3 is 41.5 Å². The molecule has 0 aliphatic carbocycles. The first-order valence-corrected chi connectivity index (χ1v) is 11.8. The minimum atomic E-state index is -0.960. The predicted octanol–water partition coefficient (Wildman–Crippen LogP) is 3.27. The first kappa shape index (κ1) is 31.1. The molecule has 5 nitrogen and oxygen atoms in total. The minimum Gasteiger partial charge on any atom is -1.00 e. The molecule has 0 amide bonds. The van der Waals surface area contributed by atoms with E-state index in [0.29, 0.717) is 6.54 Å². The second-order valence-electron chi connectivity index (χ2n) is 8.08. The van der Waals surface area contributed by atoms with Crippen LogP contribution in [-0.2, 0) is 9.59 Å². The Morgan fingerprint density at radius 2 is 1.10 bits per heavy atom. The van der Waals surface area contributed by atoms with Crippen LogP contribution in [0.1, 0.15) is 124 Å². The molecule has 0 radical (unpaired) electrons. The third-order valence-electron chi connectivity index (χ3n) is 5.37. The fourth-order valence-corrected chi connectivity index (χ4v) is 3.53. The Morgan fingerprint density at radius 3 is 1.45 bits per heavy atom. The Balaban J connectivity index is -0.00000364. The van der Waals surface area contributed by atoms with Crippen molar-refractivity contribution in [2.75, 3.05) is 6.54 Å². The standard InChI is InChI=1S/C23H45NO4.Na.H/c1-2-3-4-5-6-7-8-9-10-11-12-13-14-15-16-17-20-24-21(23(27)28)18-19-22(25)26;;/h21,24H,2-20H2,1H3,(H,25,26)(H,27,28);;/q;+1;-1/t21-;;/m0../s1. The average Bonchev–Trinajstić information content (AvgIpc) is 2.66. The largest absolute Gasteiger partial charge is 1.00 e. The van der Waals surface area contributed by atoms with Crippen molar-refractivity contribution in [1.29, 1.82) is 0 Å². The van der Waals surface area contributed by atoms with E-state index in [-0.39, 0.29) is 43.8 Å². The van der Waals surface area contributed by atoms with Gasteiger partial charge in [0.25, 0.3) is 0 Å². The van der Waals surface area contributed by atoms with Crippen LogP contribution in [0.25, 0.3) is 0 Å². The van der Waals surface area contributed by atoms with Gasteiger partial charge in [0, 0.05) is 6.42 Å². The van der Waals surface area contributed by atoms with Crippen LogP contribution in [-0.4, -0.2) is 34.7 Å². The Hall–Kier alpha value is -0.100. The van der Waals surface area contributed by atoms with E-state index in [1.54, 1.807) is 0 Å². The zero-order chi connectivity index (χ0) is 20.9. The number of carboxylic acid groups (broad SMARTS) is 2. The zero-order valence-corrected chi connectivity index (χ0v) is 21.2. The molecule has 3 N–H and O–H groups in total. The first-order chi connectivity index (χ1) is 13.6. The van der Waals surface area contributed by atoms with Gasteiger partial charge in [-0.2, -0.15) is 0 Å². The number of carboxylic acids is 2. The maximum atomic E-state index is 11.1. The summed E-state index contributed by atoms with van der Waals surface area (Å²) >= 11 is 0. The number of nitrogens with one attached hydrogen (secondary N) is 1. The van der Waals surface area contributed by atoms with Crippen LogP contribution in [0.5, 0.6) is 0 Å². The van der Waals surface area contributed by atoms with E-state index in [4.69, 9.17) is 10.2 Å². The number of hydrogen-bond donors (Lipinski definition) is 3. The van der Waals surface area contributed by atoms with Gasteiger partial charge in [0.1, 0.15) is 6.04 Å². The Kier molecular flexibility index (Phi) is 25.9. The molecule has 0 saturated heterocycles. The fraction of sp³-hybridized carbons (Fsp3) is 0.913. The van der Waals surface area contributed by atoms with Crippen molar-refractivity contribution in [2.45, 2.75) is 129 Å². The molecule has 0 aromatic carbocycles. The van der Waals surface area contributed by atoms with Crippen molar-refractivity contribution in [2.24, 2.45) is 0 Å². The molecule has 0 spiro atoms. The third kappa shape index (κ3) is 24.0. The van der Waals surface area contributed by atoms with E-state index < -0.39 is 18.0 Å². The van der Waals surface area contributed by atoms with Crippen LogP contribution in [0, 0.1) is 0 Å². The molecule has 168 valence electrons. The average molecular weight is 424 g/mol. The summed E-state index contributed by atoms with van der Waals surface area (Å²) in [5, 5.41) is 20.7. The van der Waals surface area contributed by atoms with Crippen LogP contribution in [0.4, 0.5) is 0 Å². The molecule has 0 aromatic rings. The molecular formula is C23H46NNaO4. The van der Waals surface area contributed by atoms with Crippen molar-refractivity contribution in [1.82, 2.24) is 5.32 Å². The molecule has 0 aromatic heterocycles. The Morgan fingerprint density at radius 1 is 0.724 bits per heavy atom. The van der Waals surface area contributed by atoms with Gasteiger partial charge in [-0.25, -0.2) is 0 Å². The summed E-state index contributed by atoms with van der Waals surface area (Å²) in [5.41, 5.74) is 0. The predicted molar refractivity (Wildman–Crippen MR) is 117 cm³/mol. The van der Waals surface area contributed by atoms with E-state index in [2.05, 4.69) is 12.2 Å². The van der Waals surface area contributed by atoms with Crippen LogP contribution in [0.3, 0.4) is 0 Å². The molecule has 1 atom stereocenters. The van der Waals surface area contributed by atoms with Gasteiger partial charge in [-0.3, -0.25) is 9.59 Å². The number of unbranched alkanes of at least 4 members (excludes halogenated alkanes) is 15. The van der Waals surface area contributed by atoms with Gasteiger partial charge in [0.05, 0.1) is 0 Å². The summed E-state index contributed by atoms with van der Waals surface area (Å²) in [6, 6.07) is -0.743. The summed E-state index contributed by atoms with van der Waals surface area (Å²) in [5.74, 6) is -1.91. The molecule has 0 aliphatic heterocycles. The van der Waals surface area contributed by atoms with Crippen molar-refractivity contribution >= 4 is 11.9 Å². The molecule has 0 saturated carbocycles. The number of hydrogen-bond acceptors (Lipinski definition) is 3. The van der Waals surface area contributed by atoms with Crippen LogP contribution in [0.2, 0.25) is 0 Å². The molecule has 0 fully saturated rings. The van der Waals surface area contributed by atoms with Crippen LogP contribution < -0.4 is 34.9 Å². The van der Waals surface area contributed by atoms with E-state index in [1.807, 2.05) is 0 Å². The van der Waals surface area contributed by atoms with Crippen molar-refractivity contribution in [3.8, 4) is 0 Å². The van der Waals surface area contributed by atoms with E-state index in [0.717, 1.165) is 12.8 Å². The van der Waals surface area contributed by atoms with Gasteiger partial charge in [0.15, 0.2) is 0 Å². The van der Waals surface area contributed by atoms with Crippen LogP contribution in [0.15, 0.2) is 0 Å². The maximum Gasteiger partial charge on any atom is 1.00 e. The number of aliphatic carboxylic acids is 2. The SMILES string of the molecule is CCCCCCCCCCCCCCCCCCN[C@@H](CCC(=O)O)C(=O)O.[H-].[Na+]. The normalized spacial score (nSPS) is 11.8. The second kappa shape index (κ2) is 24.2. The molecule has 0 unspecified atom stereocenters. The fourth-order valence-electron chi connectivity index (χ4n) is 3.53. The van der Waals surface area contributed by atoms with E-state index in [9.17, 15) is 9.59 Å². The van der Waals surface area contributed by atoms with Gasteiger partial charge in [-0.15, -0.1) is 0 Å². The van der Waals surface area contributed by atoms with Crippen LogP contribution >= 0.6 is 0 Å². The van der Waals surface area contributed by atoms with E-state index in [1.165, 1.54) is 89.9 Å². The third-order valence-corrected chi connectivity index (χ3v) is 5.37. The molecule has 29 heavy (non-hydrogen) atoms. The first-order valence-electron chi connectivity index (χ1n) is 11.8. The van der Waals surface area contributed by atoms with Crippen molar-refractivity contribution in [3.05, 3.63) is 0 Å². The van der Waals surface area contributed by atoms with Gasteiger partial charge in [0.2, 0.25) is 0 Å². The summed E-state index contributed by atoms with van der Waals surface area (Å²) in [7, 11) is 0. The van der Waals surface area contributed by atoms with Crippen molar-refractivity contribution in [3.63, 3.8) is 0 Å². The maximum absolute atomic E-state index is 11.1. The second-order valence-corrected chi connectivity index (χ2v) is 8.08. The molecule has 0 aliphatic rings. The molecule has 0 heterocycles. The smallest absolute Gasteiger partial charge is 1.00 e. The Labute approximate surface area is 202 Å². The Bertz CT molecular complexity index is 386. The zero-order valence-electron chi connectivity index (χ0n) is 20.2. The van der Waals surface area contributed by atoms with E-state index >= 15 is 0 Å². The molecular weight excluding hydrogens is 377 g/mol. The van der Waals surface area contributed by atoms with Gasteiger partial charge < -0.3 is 17.0 Å². The quantitative estimate of drug-likeness (QED) is 0.184. The van der Waals surface area contributed by atoms with Gasteiger partial charge in [-0.1, -0.05) is 103 Å². The number of rotatable bonds is 22. The summed E-state index contributed by atoms with van der Waals surface area (Å²) < 4.78 is 0. The summed E-state index contributed by atoms with van der Waals surface area (Å²) in [4.78, 5) is 21.6. The molecule has 0 bridgehead atoms. The monoisotopic (exact) mass is 423 g/mol. The molecule has 6 heteroatoms. The number of carbonyl (C=O) groups is 2. The minimum absolute atomic E-state index is 0. The molecule has 0 rings (SSSR count). The summed E-state index contributed by atoms with van der Waals surface area (Å²) in [6.07, 6.45) is 21.1. The van der Waals surface area contributed by atoms with Gasteiger partial charge in [-0.05, 0) is 19.4 Å². The summed E-state index contributed by atoms with van der Waals surface area (Å²) in [6.45, 7) is 2.91. The topological polar surface area (TPSA) is 86.6 Å². The van der Waals surface area contributed by atoms with Crippen molar-refractivity contribution < 1.29 is 50.8 Å².